The fraction of sp³-hybridized carbons (Fsp3) is 0.0769. The lowest BCUT2D eigenvalue weighted by molar-refractivity contribution is 0.0685. The van der Waals surface area contributed by atoms with Gasteiger partial charge in [-0.15, -0.1) is 0 Å². The van der Waals surface area contributed by atoms with Crippen molar-refractivity contribution in [3.8, 4) is 17.1 Å². The molecule has 0 fully saturated rings. The highest BCUT2D eigenvalue weighted by Gasteiger charge is 2.14. The van der Waals surface area contributed by atoms with Gasteiger partial charge in [0.05, 0.1) is 5.69 Å². The molecule has 0 aliphatic rings. The summed E-state index contributed by atoms with van der Waals surface area (Å²) in [5.74, 6) is -0.844. The molecular weight excluding hydrogens is 246 g/mol. The molecule has 2 aromatic heterocycles. The first-order valence-corrected chi connectivity index (χ1v) is 5.64. The predicted octanol–water partition coefficient (Wildman–Crippen LogP) is 1.97. The van der Waals surface area contributed by atoms with Crippen molar-refractivity contribution in [1.29, 1.82) is 0 Å². The van der Waals surface area contributed by atoms with Crippen LogP contribution in [0.5, 0.6) is 5.75 Å². The second kappa shape index (κ2) is 3.88. The van der Waals surface area contributed by atoms with Gasteiger partial charge in [0.2, 0.25) is 0 Å². The van der Waals surface area contributed by atoms with Crippen molar-refractivity contribution in [1.82, 2.24) is 14.8 Å². The number of nitrogens with zero attached hydrogens (tertiary/aromatic N) is 2. The van der Waals surface area contributed by atoms with Crippen molar-refractivity contribution in [3.63, 3.8) is 0 Å². The zero-order valence-corrected chi connectivity index (χ0v) is 10.1. The largest absolute Gasteiger partial charge is 0.508 e. The number of rotatable bonds is 2. The molecule has 1 aromatic carbocycles. The Hall–Kier alpha value is -2.76. The second-order valence-corrected chi connectivity index (χ2v) is 4.30. The van der Waals surface area contributed by atoms with Gasteiger partial charge >= 0.3 is 5.97 Å². The number of aromatic carboxylic acids is 1. The minimum absolute atomic E-state index is 0.122. The molecule has 0 saturated heterocycles. The lowest BCUT2D eigenvalue weighted by Gasteiger charge is -1.91. The normalized spacial score (nSPS) is 11.0. The SMILES string of the molecule is Cn1nc(-c2cc3ccc(O)cc3[nH]2)cc1C(=O)O. The third-order valence-corrected chi connectivity index (χ3v) is 2.98. The van der Waals surface area contributed by atoms with Crippen LogP contribution in [0.1, 0.15) is 10.5 Å². The summed E-state index contributed by atoms with van der Waals surface area (Å²) in [6, 6.07) is 8.36. The monoisotopic (exact) mass is 257 g/mol. The molecule has 6 nitrogen and oxygen atoms in total. The number of carboxylic acids is 1. The molecule has 0 amide bonds. The maximum Gasteiger partial charge on any atom is 0.354 e. The van der Waals surface area contributed by atoms with Crippen molar-refractivity contribution in [2.24, 2.45) is 7.05 Å². The van der Waals surface area contributed by atoms with Crippen LogP contribution in [0.3, 0.4) is 0 Å². The molecule has 3 aromatic rings. The Morgan fingerprint density at radius 3 is 2.79 bits per heavy atom. The Bertz CT molecular complexity index is 786. The minimum Gasteiger partial charge on any atom is -0.508 e. The summed E-state index contributed by atoms with van der Waals surface area (Å²) >= 11 is 0. The van der Waals surface area contributed by atoms with E-state index in [1.807, 2.05) is 6.07 Å². The molecule has 0 unspecified atom stereocenters. The number of phenols is 1. The van der Waals surface area contributed by atoms with Crippen molar-refractivity contribution >= 4 is 16.9 Å². The third-order valence-electron chi connectivity index (χ3n) is 2.98. The molecule has 3 rings (SSSR count). The van der Waals surface area contributed by atoms with Crippen LogP contribution in [0.15, 0.2) is 30.3 Å². The predicted molar refractivity (Wildman–Crippen MR) is 69.1 cm³/mol. The molecule has 0 aliphatic heterocycles. The number of aromatic nitrogens is 3. The standard InChI is InChI=1S/C13H11N3O3/c1-16-12(13(18)19)6-11(15-16)10-4-7-2-3-8(17)5-9(7)14-10/h2-6,14,17H,1H3,(H,18,19). The molecule has 96 valence electrons. The number of carbonyl (C=O) groups is 1. The maximum absolute atomic E-state index is 11.0. The van der Waals surface area contributed by atoms with E-state index < -0.39 is 5.97 Å². The number of hydrogen-bond acceptors (Lipinski definition) is 3. The van der Waals surface area contributed by atoms with Crippen LogP contribution in [-0.2, 0) is 7.05 Å². The first-order chi connectivity index (χ1) is 9.04. The van der Waals surface area contributed by atoms with Gasteiger partial charge in [-0.1, -0.05) is 0 Å². The van der Waals surface area contributed by atoms with Crippen LogP contribution in [0.4, 0.5) is 0 Å². The van der Waals surface area contributed by atoms with Gasteiger partial charge in [0.15, 0.2) is 0 Å². The van der Waals surface area contributed by atoms with Gasteiger partial charge in [-0.2, -0.15) is 5.10 Å². The molecule has 19 heavy (non-hydrogen) atoms. The fourth-order valence-corrected chi connectivity index (χ4v) is 2.05. The number of aromatic hydroxyl groups is 1. The molecule has 3 N–H and O–H groups in total. The minimum atomic E-state index is -1.02. The summed E-state index contributed by atoms with van der Waals surface area (Å²) in [7, 11) is 1.58. The molecule has 0 spiro atoms. The van der Waals surface area contributed by atoms with Crippen LogP contribution in [-0.4, -0.2) is 30.9 Å². The summed E-state index contributed by atoms with van der Waals surface area (Å²) in [5, 5.41) is 23.5. The second-order valence-electron chi connectivity index (χ2n) is 4.30. The number of fused-ring (bicyclic) bond motifs is 1. The van der Waals surface area contributed by atoms with Gasteiger partial charge < -0.3 is 15.2 Å². The number of H-pyrrole nitrogens is 1. The first-order valence-electron chi connectivity index (χ1n) is 5.64. The molecular formula is C13H11N3O3. The number of aromatic amines is 1. The lowest BCUT2D eigenvalue weighted by Crippen LogP contribution is -2.04. The maximum atomic E-state index is 11.0. The van der Waals surface area contributed by atoms with Crippen LogP contribution in [0.2, 0.25) is 0 Å². The number of phenolic OH excluding ortho intramolecular Hbond substituents is 1. The molecule has 0 saturated carbocycles. The van der Waals surface area contributed by atoms with E-state index >= 15 is 0 Å². The van der Waals surface area contributed by atoms with Crippen molar-refractivity contribution < 1.29 is 15.0 Å². The summed E-state index contributed by atoms with van der Waals surface area (Å²) in [5.41, 5.74) is 2.16. The Morgan fingerprint density at radius 2 is 2.11 bits per heavy atom. The Balaban J connectivity index is 2.13. The van der Waals surface area contributed by atoms with E-state index in [0.29, 0.717) is 11.4 Å². The summed E-state index contributed by atoms with van der Waals surface area (Å²) in [6.07, 6.45) is 0. The molecule has 0 bridgehead atoms. The van der Waals surface area contributed by atoms with E-state index in [9.17, 15) is 9.90 Å². The highest BCUT2D eigenvalue weighted by atomic mass is 16.4. The number of carboxylic acid groups (broad SMARTS) is 1. The zero-order valence-electron chi connectivity index (χ0n) is 10.1. The Labute approximate surface area is 107 Å². The van der Waals surface area contributed by atoms with Crippen LogP contribution in [0.25, 0.3) is 22.3 Å². The highest BCUT2D eigenvalue weighted by Crippen LogP contribution is 2.26. The average molecular weight is 257 g/mol. The number of nitrogens with one attached hydrogen (secondary N) is 1. The topological polar surface area (TPSA) is 91.1 Å². The van der Waals surface area contributed by atoms with Crippen molar-refractivity contribution in [2.75, 3.05) is 0 Å². The lowest BCUT2D eigenvalue weighted by atomic mass is 10.2. The van der Waals surface area contributed by atoms with Gasteiger partial charge in [-0.3, -0.25) is 4.68 Å². The van der Waals surface area contributed by atoms with Crippen molar-refractivity contribution in [2.45, 2.75) is 0 Å². The van der Waals surface area contributed by atoms with Crippen LogP contribution in [0, 0.1) is 0 Å². The highest BCUT2D eigenvalue weighted by molar-refractivity contribution is 5.89. The van der Waals surface area contributed by atoms with Gasteiger partial charge in [0.25, 0.3) is 0 Å². The number of benzene rings is 1. The van der Waals surface area contributed by atoms with E-state index in [2.05, 4.69) is 10.1 Å². The first kappa shape index (κ1) is 11.3. The zero-order chi connectivity index (χ0) is 13.6. The molecule has 0 aliphatic carbocycles. The Kier molecular flexibility index (Phi) is 2.31. The van der Waals surface area contributed by atoms with Gasteiger partial charge in [0, 0.05) is 30.1 Å². The summed E-state index contributed by atoms with van der Waals surface area (Å²) < 4.78 is 1.32. The van der Waals surface area contributed by atoms with E-state index in [-0.39, 0.29) is 11.4 Å². The molecule has 6 heteroatoms. The van der Waals surface area contributed by atoms with Crippen molar-refractivity contribution in [3.05, 3.63) is 36.0 Å². The smallest absolute Gasteiger partial charge is 0.354 e. The van der Waals surface area contributed by atoms with Gasteiger partial charge in [-0.05, 0) is 18.2 Å². The molecule has 0 radical (unpaired) electrons. The fourth-order valence-electron chi connectivity index (χ4n) is 2.05. The number of hydrogen-bond donors (Lipinski definition) is 3. The molecule has 0 atom stereocenters. The number of aryl methyl sites for hydroxylation is 1. The Morgan fingerprint density at radius 1 is 1.32 bits per heavy atom. The third kappa shape index (κ3) is 1.83. The van der Waals surface area contributed by atoms with Crippen LogP contribution >= 0.6 is 0 Å². The van der Waals surface area contributed by atoms with E-state index in [1.54, 1.807) is 25.2 Å². The van der Waals surface area contributed by atoms with E-state index in [0.717, 1.165) is 10.9 Å². The van der Waals surface area contributed by atoms with Gasteiger partial charge in [-0.25, -0.2) is 4.79 Å². The van der Waals surface area contributed by atoms with E-state index in [1.165, 1.54) is 10.7 Å². The summed E-state index contributed by atoms with van der Waals surface area (Å²) in [6.45, 7) is 0. The average Bonchev–Trinajstić information content (AvgIpc) is 2.91. The van der Waals surface area contributed by atoms with Crippen LogP contribution < -0.4 is 0 Å². The molecule has 2 heterocycles. The van der Waals surface area contributed by atoms with E-state index in [4.69, 9.17) is 5.11 Å². The summed E-state index contributed by atoms with van der Waals surface area (Å²) in [4.78, 5) is 14.1. The quantitative estimate of drug-likeness (QED) is 0.654. The van der Waals surface area contributed by atoms with Gasteiger partial charge in [0.1, 0.15) is 17.1 Å².